The maximum absolute atomic E-state index is 14.7. The van der Waals surface area contributed by atoms with Crippen LogP contribution in [0.4, 0.5) is 4.39 Å². The predicted octanol–water partition coefficient (Wildman–Crippen LogP) is 3.52. The molecule has 7 heteroatoms. The first-order valence-electron chi connectivity index (χ1n) is 10.1. The maximum Gasteiger partial charge on any atom is 0.295 e. The second kappa shape index (κ2) is 8.89. The van der Waals surface area contributed by atoms with Gasteiger partial charge >= 0.3 is 0 Å². The van der Waals surface area contributed by atoms with Gasteiger partial charge in [0.2, 0.25) is 0 Å². The Morgan fingerprint density at radius 3 is 2.42 bits per heavy atom. The van der Waals surface area contributed by atoms with E-state index in [0.29, 0.717) is 13.0 Å². The molecular weight excluding hydrogens is 399 g/mol. The molecule has 1 aliphatic rings. The molecule has 0 saturated carbocycles. The fourth-order valence-corrected chi connectivity index (χ4v) is 3.82. The van der Waals surface area contributed by atoms with Gasteiger partial charge in [-0.05, 0) is 70.2 Å². The van der Waals surface area contributed by atoms with Gasteiger partial charge in [-0.3, -0.25) is 9.59 Å². The van der Waals surface area contributed by atoms with Crippen molar-refractivity contribution in [2.75, 3.05) is 27.2 Å². The number of phenolic OH excluding ortho intramolecular Hbond substituents is 1. The lowest BCUT2D eigenvalue weighted by Gasteiger charge is -2.26. The summed E-state index contributed by atoms with van der Waals surface area (Å²) in [7, 11) is 3.79. The molecule has 0 aliphatic carbocycles. The molecule has 3 rings (SSSR count). The Labute approximate surface area is 181 Å². The molecule has 1 saturated heterocycles. The van der Waals surface area contributed by atoms with Gasteiger partial charge in [-0.15, -0.1) is 0 Å². The van der Waals surface area contributed by atoms with Crippen molar-refractivity contribution in [1.29, 1.82) is 0 Å². The van der Waals surface area contributed by atoms with E-state index in [0.717, 1.165) is 11.1 Å². The van der Waals surface area contributed by atoms with Gasteiger partial charge in [-0.25, -0.2) is 4.39 Å². The van der Waals surface area contributed by atoms with Crippen molar-refractivity contribution in [1.82, 2.24) is 9.80 Å². The summed E-state index contributed by atoms with van der Waals surface area (Å²) in [5.74, 6) is -3.00. The molecule has 1 aliphatic heterocycles. The van der Waals surface area contributed by atoms with Gasteiger partial charge in [0.05, 0.1) is 17.2 Å². The van der Waals surface area contributed by atoms with Gasteiger partial charge in [0.15, 0.2) is 0 Å². The Hall–Kier alpha value is -3.19. The van der Waals surface area contributed by atoms with E-state index in [1.807, 2.05) is 25.9 Å². The van der Waals surface area contributed by atoms with Crippen LogP contribution < -0.4 is 0 Å². The number of amides is 1. The van der Waals surface area contributed by atoms with E-state index < -0.39 is 29.3 Å². The second-order valence-corrected chi connectivity index (χ2v) is 8.12. The van der Waals surface area contributed by atoms with Crippen LogP contribution >= 0.6 is 0 Å². The third kappa shape index (κ3) is 4.32. The first-order valence-corrected chi connectivity index (χ1v) is 10.1. The van der Waals surface area contributed by atoms with Crippen LogP contribution in [0, 0.1) is 19.7 Å². The number of Topliss-reactive ketones (excluding diaryl/α,β-unsaturated/α-hetero) is 1. The maximum atomic E-state index is 14.7. The topological polar surface area (TPSA) is 81.1 Å². The average Bonchev–Trinajstić information content (AvgIpc) is 2.95. The van der Waals surface area contributed by atoms with E-state index >= 15 is 0 Å². The van der Waals surface area contributed by atoms with Gasteiger partial charge in [-0.2, -0.15) is 0 Å². The minimum atomic E-state index is -1.08. The fourth-order valence-electron chi connectivity index (χ4n) is 3.82. The number of rotatable bonds is 6. The zero-order valence-electron chi connectivity index (χ0n) is 18.1. The highest BCUT2D eigenvalue weighted by molar-refractivity contribution is 6.46. The number of halogens is 1. The smallest absolute Gasteiger partial charge is 0.295 e. The summed E-state index contributed by atoms with van der Waals surface area (Å²) < 4.78 is 14.7. The molecule has 2 aromatic carbocycles. The number of aromatic hydroxyl groups is 1. The average molecular weight is 426 g/mol. The molecule has 1 fully saturated rings. The van der Waals surface area contributed by atoms with Gasteiger partial charge in [0.1, 0.15) is 17.3 Å². The molecule has 0 aromatic heterocycles. The van der Waals surface area contributed by atoms with Crippen molar-refractivity contribution in [2.45, 2.75) is 26.3 Å². The SMILES string of the molecule is Cc1cc(O)c(C(O)=C2C(=O)C(=O)N(CCCN(C)C)[C@H]2c2ccccc2F)cc1C. The number of ketones is 1. The first kappa shape index (κ1) is 22.5. The van der Waals surface area contributed by atoms with E-state index in [1.54, 1.807) is 19.1 Å². The number of hydrogen-bond donors (Lipinski definition) is 2. The van der Waals surface area contributed by atoms with E-state index in [-0.39, 0.29) is 29.0 Å². The van der Waals surface area contributed by atoms with Crippen molar-refractivity contribution in [3.63, 3.8) is 0 Å². The number of hydrogen-bond acceptors (Lipinski definition) is 5. The number of benzene rings is 2. The molecule has 1 amide bonds. The van der Waals surface area contributed by atoms with Crippen molar-refractivity contribution in [2.24, 2.45) is 0 Å². The molecule has 0 spiro atoms. The van der Waals surface area contributed by atoms with Crippen molar-refractivity contribution in [3.8, 4) is 5.75 Å². The summed E-state index contributed by atoms with van der Waals surface area (Å²) in [4.78, 5) is 29.1. The number of aryl methyl sites for hydroxylation is 2. The lowest BCUT2D eigenvalue weighted by atomic mass is 9.93. The van der Waals surface area contributed by atoms with Crippen LogP contribution in [0.3, 0.4) is 0 Å². The largest absolute Gasteiger partial charge is 0.507 e. The van der Waals surface area contributed by atoms with Crippen LogP contribution in [0.5, 0.6) is 5.75 Å². The zero-order chi connectivity index (χ0) is 22.9. The molecule has 2 N–H and O–H groups in total. The van der Waals surface area contributed by atoms with Crippen molar-refractivity contribution in [3.05, 3.63) is 70.0 Å². The molecule has 1 heterocycles. The third-order valence-electron chi connectivity index (χ3n) is 5.61. The normalized spacial score (nSPS) is 18.3. The number of nitrogens with zero attached hydrogens (tertiary/aromatic N) is 2. The van der Waals surface area contributed by atoms with Crippen LogP contribution in [0.25, 0.3) is 5.76 Å². The monoisotopic (exact) mass is 426 g/mol. The Morgan fingerprint density at radius 1 is 1.13 bits per heavy atom. The van der Waals surface area contributed by atoms with Crippen LogP contribution in [0.2, 0.25) is 0 Å². The summed E-state index contributed by atoms with van der Waals surface area (Å²) in [5.41, 5.74) is 1.54. The quantitative estimate of drug-likeness (QED) is 0.420. The Bertz CT molecular complexity index is 1060. The molecular formula is C24H27FN2O4. The highest BCUT2D eigenvalue weighted by Gasteiger charge is 2.46. The number of aliphatic hydroxyl groups is 1. The van der Waals surface area contributed by atoms with Gasteiger partial charge in [0.25, 0.3) is 11.7 Å². The number of likely N-dealkylation sites (tertiary alicyclic amines) is 1. The van der Waals surface area contributed by atoms with Crippen LogP contribution in [-0.4, -0.2) is 58.9 Å². The van der Waals surface area contributed by atoms with Crippen LogP contribution in [0.1, 0.15) is 34.7 Å². The molecule has 31 heavy (non-hydrogen) atoms. The predicted molar refractivity (Wildman–Crippen MR) is 116 cm³/mol. The van der Waals surface area contributed by atoms with E-state index in [9.17, 15) is 24.2 Å². The lowest BCUT2D eigenvalue weighted by molar-refractivity contribution is -0.140. The molecule has 2 aromatic rings. The summed E-state index contributed by atoms with van der Waals surface area (Å²) in [6, 6.07) is 7.84. The molecule has 164 valence electrons. The number of phenols is 1. The number of carbonyl (C=O) groups is 2. The Morgan fingerprint density at radius 2 is 1.77 bits per heavy atom. The van der Waals surface area contributed by atoms with Crippen LogP contribution in [-0.2, 0) is 9.59 Å². The number of carbonyl (C=O) groups excluding carboxylic acids is 2. The first-order chi connectivity index (χ1) is 14.6. The minimum absolute atomic E-state index is 0.0377. The third-order valence-corrected chi connectivity index (χ3v) is 5.61. The molecule has 1 atom stereocenters. The summed E-state index contributed by atoms with van der Waals surface area (Å²) in [6.45, 7) is 4.50. The second-order valence-electron chi connectivity index (χ2n) is 8.12. The van der Waals surface area contributed by atoms with E-state index in [1.165, 1.54) is 29.2 Å². The standard InChI is InChI=1S/C24H27FN2O4/c1-14-12-17(19(28)13-15(14)2)22(29)20-21(16-8-5-6-9-18(16)25)27(24(31)23(20)30)11-7-10-26(3)4/h5-6,8-9,12-13,21,28-29H,7,10-11H2,1-4H3/t21-/m0/s1. The molecule has 0 bridgehead atoms. The summed E-state index contributed by atoms with van der Waals surface area (Å²) in [5, 5.41) is 21.4. The van der Waals surface area contributed by atoms with Crippen molar-refractivity contribution < 1.29 is 24.2 Å². The molecule has 0 unspecified atom stereocenters. The van der Waals surface area contributed by atoms with Gasteiger partial charge in [0, 0.05) is 12.1 Å². The summed E-state index contributed by atoms with van der Waals surface area (Å²) >= 11 is 0. The zero-order valence-corrected chi connectivity index (χ0v) is 18.1. The molecule has 0 radical (unpaired) electrons. The fraction of sp³-hybridized carbons (Fsp3) is 0.333. The highest BCUT2D eigenvalue weighted by atomic mass is 19.1. The minimum Gasteiger partial charge on any atom is -0.507 e. The Kier molecular flexibility index (Phi) is 6.45. The van der Waals surface area contributed by atoms with E-state index in [2.05, 4.69) is 0 Å². The van der Waals surface area contributed by atoms with E-state index in [4.69, 9.17) is 0 Å². The lowest BCUT2D eigenvalue weighted by Crippen LogP contribution is -2.32. The summed E-state index contributed by atoms with van der Waals surface area (Å²) in [6.07, 6.45) is 0.569. The van der Waals surface area contributed by atoms with Crippen LogP contribution in [0.15, 0.2) is 42.0 Å². The highest BCUT2D eigenvalue weighted by Crippen LogP contribution is 2.41. The van der Waals surface area contributed by atoms with Gasteiger partial charge in [-0.1, -0.05) is 18.2 Å². The number of aliphatic hydroxyl groups excluding tert-OH is 1. The Balaban J connectivity index is 2.18. The van der Waals surface area contributed by atoms with Gasteiger partial charge < -0.3 is 20.0 Å². The molecule has 6 nitrogen and oxygen atoms in total. The van der Waals surface area contributed by atoms with Crippen molar-refractivity contribution >= 4 is 17.4 Å².